The van der Waals surface area contributed by atoms with E-state index in [1.54, 1.807) is 12.1 Å². The van der Waals surface area contributed by atoms with Crippen molar-refractivity contribution in [1.82, 2.24) is 10.0 Å². The Morgan fingerprint density at radius 3 is 2.32 bits per heavy atom. The van der Waals surface area contributed by atoms with E-state index in [1.807, 2.05) is 27.7 Å². The van der Waals surface area contributed by atoms with Gasteiger partial charge in [0.1, 0.15) is 0 Å². The molecular weight excluding hydrogens is 414 g/mol. The fourth-order valence-electron chi connectivity index (χ4n) is 4.80. The molecule has 172 valence electrons. The molecule has 0 spiro atoms. The smallest absolute Gasteiger partial charge is 0.240 e. The molecule has 7 nitrogen and oxygen atoms in total. The number of benzene rings is 1. The van der Waals surface area contributed by atoms with E-state index in [0.717, 1.165) is 12.3 Å². The number of hydrogen-bond acceptors (Lipinski definition) is 4. The van der Waals surface area contributed by atoms with Gasteiger partial charge in [-0.05, 0) is 68.2 Å². The van der Waals surface area contributed by atoms with Crippen LogP contribution in [0.15, 0.2) is 29.2 Å². The van der Waals surface area contributed by atoms with Crippen LogP contribution in [0.25, 0.3) is 0 Å². The molecule has 0 radical (unpaired) electrons. The first-order chi connectivity index (χ1) is 14.5. The lowest BCUT2D eigenvalue weighted by Gasteiger charge is -2.28. The molecule has 3 N–H and O–H groups in total. The number of nitrogens with one attached hydrogen (secondary N) is 3. The van der Waals surface area contributed by atoms with Crippen LogP contribution in [0.4, 0.5) is 5.69 Å². The highest BCUT2D eigenvalue weighted by Crippen LogP contribution is 2.49. The second kappa shape index (κ2) is 9.28. The highest BCUT2D eigenvalue weighted by Gasteiger charge is 2.42. The molecule has 0 unspecified atom stereocenters. The molecule has 0 heterocycles. The summed E-state index contributed by atoms with van der Waals surface area (Å²) >= 11 is 0. The normalized spacial score (nSPS) is 24.1. The Morgan fingerprint density at radius 2 is 1.77 bits per heavy atom. The van der Waals surface area contributed by atoms with E-state index in [1.165, 1.54) is 31.4 Å². The van der Waals surface area contributed by atoms with Crippen LogP contribution < -0.4 is 15.4 Å². The zero-order valence-electron chi connectivity index (χ0n) is 18.9. The van der Waals surface area contributed by atoms with Gasteiger partial charge in [-0.3, -0.25) is 9.59 Å². The third kappa shape index (κ3) is 6.07. The van der Waals surface area contributed by atoms with Crippen molar-refractivity contribution in [3.8, 4) is 0 Å². The number of carbonyl (C=O) groups is 2. The fourth-order valence-corrected chi connectivity index (χ4v) is 6.10. The quantitative estimate of drug-likeness (QED) is 0.566. The van der Waals surface area contributed by atoms with E-state index < -0.39 is 15.4 Å². The van der Waals surface area contributed by atoms with Crippen LogP contribution in [-0.2, 0) is 19.6 Å². The van der Waals surface area contributed by atoms with E-state index in [9.17, 15) is 18.0 Å². The van der Waals surface area contributed by atoms with Crippen LogP contribution in [0, 0.1) is 23.2 Å². The predicted octanol–water partition coefficient (Wildman–Crippen LogP) is 3.28. The molecule has 2 fully saturated rings. The summed E-state index contributed by atoms with van der Waals surface area (Å²) in [6, 6.07) is 6.10. The highest BCUT2D eigenvalue weighted by atomic mass is 32.2. The standard InChI is InChI=1S/C23H35N3O4S/c1-15(20-14-16-5-6-17(20)13-16)26-31(29,30)19-9-7-18(8-10-19)25-21(27)11-12-24-22(28)23(2,3)4/h7-10,15-17,20,26H,5-6,11-14H2,1-4H3,(H,24,28)(H,25,27)/t15-,16+,17+,20-/m1/s1. The van der Waals surface area contributed by atoms with Gasteiger partial charge in [-0.1, -0.05) is 27.2 Å². The van der Waals surface area contributed by atoms with Gasteiger partial charge < -0.3 is 10.6 Å². The number of sulfonamides is 1. The number of carbonyl (C=O) groups excluding carboxylic acids is 2. The van der Waals surface area contributed by atoms with Gasteiger partial charge in [0, 0.05) is 30.1 Å². The van der Waals surface area contributed by atoms with Gasteiger partial charge in [0.05, 0.1) is 4.90 Å². The number of amides is 2. The predicted molar refractivity (Wildman–Crippen MR) is 121 cm³/mol. The molecule has 2 saturated carbocycles. The van der Waals surface area contributed by atoms with E-state index in [4.69, 9.17) is 0 Å². The molecule has 0 aliphatic heterocycles. The maximum atomic E-state index is 12.8. The van der Waals surface area contributed by atoms with Gasteiger partial charge in [0.15, 0.2) is 0 Å². The zero-order chi connectivity index (χ0) is 22.8. The first-order valence-corrected chi connectivity index (χ1v) is 12.6. The lowest BCUT2D eigenvalue weighted by Crippen LogP contribution is -2.40. The Balaban J connectivity index is 1.49. The third-order valence-corrected chi connectivity index (χ3v) is 8.12. The van der Waals surface area contributed by atoms with Crippen molar-refractivity contribution in [3.05, 3.63) is 24.3 Å². The highest BCUT2D eigenvalue weighted by molar-refractivity contribution is 7.89. The molecule has 2 bridgehead atoms. The van der Waals surface area contributed by atoms with Crippen molar-refractivity contribution < 1.29 is 18.0 Å². The van der Waals surface area contributed by atoms with Crippen LogP contribution in [-0.4, -0.2) is 32.8 Å². The van der Waals surface area contributed by atoms with Crippen molar-refractivity contribution in [3.63, 3.8) is 0 Å². The fraction of sp³-hybridized carbons (Fsp3) is 0.652. The summed E-state index contributed by atoms with van der Waals surface area (Å²) in [5.74, 6) is 1.49. The summed E-state index contributed by atoms with van der Waals surface area (Å²) in [7, 11) is -3.61. The van der Waals surface area contributed by atoms with Crippen LogP contribution in [0.3, 0.4) is 0 Å². The summed E-state index contributed by atoms with van der Waals surface area (Å²) in [6.45, 7) is 7.65. The van der Waals surface area contributed by atoms with E-state index in [0.29, 0.717) is 17.5 Å². The molecule has 0 saturated heterocycles. The molecule has 4 atom stereocenters. The molecule has 2 aliphatic rings. The van der Waals surface area contributed by atoms with Gasteiger partial charge in [-0.15, -0.1) is 0 Å². The topological polar surface area (TPSA) is 104 Å². The largest absolute Gasteiger partial charge is 0.355 e. The summed E-state index contributed by atoms with van der Waals surface area (Å²) in [6.07, 6.45) is 5.01. The van der Waals surface area contributed by atoms with Gasteiger partial charge in [-0.25, -0.2) is 13.1 Å². The van der Waals surface area contributed by atoms with Gasteiger partial charge in [-0.2, -0.15) is 0 Å². The molecule has 3 rings (SSSR count). The third-order valence-electron chi connectivity index (χ3n) is 6.54. The van der Waals surface area contributed by atoms with Crippen LogP contribution in [0.2, 0.25) is 0 Å². The summed E-state index contributed by atoms with van der Waals surface area (Å²) in [4.78, 5) is 24.1. The Bertz CT molecular complexity index is 906. The Morgan fingerprint density at radius 1 is 1.10 bits per heavy atom. The molecule has 1 aromatic rings. The van der Waals surface area contributed by atoms with Crippen LogP contribution >= 0.6 is 0 Å². The summed E-state index contributed by atoms with van der Waals surface area (Å²) in [5, 5.41) is 5.46. The first kappa shape index (κ1) is 23.7. The zero-order valence-corrected chi connectivity index (χ0v) is 19.7. The second-order valence-corrected chi connectivity index (χ2v) is 11.8. The molecule has 1 aromatic carbocycles. The van der Waals surface area contributed by atoms with E-state index in [2.05, 4.69) is 15.4 Å². The molecule has 2 aliphatic carbocycles. The van der Waals surface area contributed by atoms with Crippen molar-refractivity contribution in [2.75, 3.05) is 11.9 Å². The minimum absolute atomic E-state index is 0.0806. The van der Waals surface area contributed by atoms with Crippen molar-refractivity contribution in [2.24, 2.45) is 23.2 Å². The molecule has 31 heavy (non-hydrogen) atoms. The van der Waals surface area contributed by atoms with Crippen LogP contribution in [0.1, 0.15) is 59.8 Å². The minimum Gasteiger partial charge on any atom is -0.355 e. The Kier molecular flexibility index (Phi) is 7.11. The van der Waals surface area contributed by atoms with Crippen LogP contribution in [0.5, 0.6) is 0 Å². The van der Waals surface area contributed by atoms with Crippen molar-refractivity contribution in [2.45, 2.75) is 70.7 Å². The van der Waals surface area contributed by atoms with Crippen molar-refractivity contribution in [1.29, 1.82) is 0 Å². The number of rotatable bonds is 8. The maximum Gasteiger partial charge on any atom is 0.240 e. The number of hydrogen-bond donors (Lipinski definition) is 3. The number of anilines is 1. The Labute approximate surface area is 185 Å². The second-order valence-electron chi connectivity index (χ2n) is 10.1. The minimum atomic E-state index is -3.61. The van der Waals surface area contributed by atoms with E-state index in [-0.39, 0.29) is 35.7 Å². The summed E-state index contributed by atoms with van der Waals surface area (Å²) in [5.41, 5.74) is 0.0213. The molecule has 2 amide bonds. The summed E-state index contributed by atoms with van der Waals surface area (Å²) < 4.78 is 28.4. The molecule has 8 heteroatoms. The maximum absolute atomic E-state index is 12.8. The average Bonchev–Trinajstić information content (AvgIpc) is 3.31. The lowest BCUT2D eigenvalue weighted by molar-refractivity contribution is -0.128. The van der Waals surface area contributed by atoms with Gasteiger partial charge in [0.25, 0.3) is 0 Å². The molecule has 0 aromatic heterocycles. The monoisotopic (exact) mass is 449 g/mol. The van der Waals surface area contributed by atoms with Gasteiger partial charge in [0.2, 0.25) is 21.8 Å². The Hall–Kier alpha value is -1.93. The molecular formula is C23H35N3O4S. The average molecular weight is 450 g/mol. The lowest BCUT2D eigenvalue weighted by atomic mass is 9.84. The first-order valence-electron chi connectivity index (χ1n) is 11.2. The van der Waals surface area contributed by atoms with Crippen molar-refractivity contribution >= 4 is 27.5 Å². The van der Waals surface area contributed by atoms with E-state index >= 15 is 0 Å². The SMILES string of the molecule is C[C@@H](NS(=O)(=O)c1ccc(NC(=O)CCNC(=O)C(C)(C)C)cc1)[C@H]1C[C@H]2CC[C@H]1C2. The van der Waals surface area contributed by atoms with Gasteiger partial charge >= 0.3 is 0 Å². The number of fused-ring (bicyclic) bond motifs is 2.